The van der Waals surface area contributed by atoms with Gasteiger partial charge in [-0.3, -0.25) is 0 Å². The highest BCUT2D eigenvalue weighted by molar-refractivity contribution is 4.81. The third-order valence-corrected chi connectivity index (χ3v) is 3.62. The van der Waals surface area contributed by atoms with Crippen LogP contribution in [0.15, 0.2) is 12.2 Å². The summed E-state index contributed by atoms with van der Waals surface area (Å²) in [6, 6.07) is 0. The summed E-state index contributed by atoms with van der Waals surface area (Å²) in [7, 11) is 0. The summed E-state index contributed by atoms with van der Waals surface area (Å²) in [6.45, 7) is 4.57. The largest absolute Gasteiger partial charge is 0.0885 e. The Bertz CT molecular complexity index is 139. The van der Waals surface area contributed by atoms with Crippen LogP contribution in [-0.2, 0) is 0 Å². The van der Waals surface area contributed by atoms with E-state index in [9.17, 15) is 0 Å². The fourth-order valence-electron chi connectivity index (χ4n) is 2.32. The van der Waals surface area contributed by atoms with Crippen molar-refractivity contribution in [2.45, 2.75) is 104 Å². The maximum absolute atomic E-state index is 2.41. The van der Waals surface area contributed by atoms with Crippen molar-refractivity contribution in [2.24, 2.45) is 0 Å². The summed E-state index contributed by atoms with van der Waals surface area (Å²) in [5.41, 5.74) is 0. The Balaban J connectivity index is 3.00. The van der Waals surface area contributed by atoms with Gasteiger partial charge in [-0.1, -0.05) is 90.2 Å². The molecule has 0 unspecified atom stereocenters. The molecule has 0 atom stereocenters. The van der Waals surface area contributed by atoms with Crippen LogP contribution in [0, 0.1) is 0 Å². The molecule has 0 bridgehead atoms. The number of unbranched alkanes of at least 4 members (excludes halogenated alkanes) is 12. The average Bonchev–Trinajstić information content (AvgIpc) is 2.39. The summed E-state index contributed by atoms with van der Waals surface area (Å²) < 4.78 is 0. The Morgan fingerprint density at radius 3 is 1.17 bits per heavy atom. The van der Waals surface area contributed by atoms with Crippen LogP contribution < -0.4 is 0 Å². The molecule has 0 heteroatoms. The summed E-state index contributed by atoms with van der Waals surface area (Å²) in [4.78, 5) is 0. The Morgan fingerprint density at radius 1 is 0.444 bits per heavy atom. The molecule has 0 aromatic heterocycles. The van der Waals surface area contributed by atoms with Gasteiger partial charge in [-0.15, -0.1) is 0 Å². The highest BCUT2D eigenvalue weighted by Crippen LogP contribution is 2.09. The zero-order valence-corrected chi connectivity index (χ0v) is 13.1. The van der Waals surface area contributed by atoms with E-state index >= 15 is 0 Å². The smallest absolute Gasteiger partial charge is 0.0351 e. The molecule has 0 aromatic rings. The molecule has 0 radical (unpaired) electrons. The van der Waals surface area contributed by atoms with Crippen LogP contribution in [0.1, 0.15) is 104 Å². The predicted octanol–water partition coefficient (Wildman–Crippen LogP) is 7.04. The summed E-state index contributed by atoms with van der Waals surface area (Å²) >= 11 is 0. The molecule has 0 aliphatic rings. The molecule has 0 spiro atoms. The van der Waals surface area contributed by atoms with Gasteiger partial charge in [0.15, 0.2) is 0 Å². The van der Waals surface area contributed by atoms with E-state index in [0.717, 1.165) is 0 Å². The van der Waals surface area contributed by atoms with Crippen molar-refractivity contribution in [1.82, 2.24) is 0 Å². The van der Waals surface area contributed by atoms with Crippen molar-refractivity contribution in [1.29, 1.82) is 0 Å². The van der Waals surface area contributed by atoms with Gasteiger partial charge < -0.3 is 0 Å². The molecule has 108 valence electrons. The number of rotatable bonds is 14. The second kappa shape index (κ2) is 16.7. The first-order chi connectivity index (χ1) is 8.91. The van der Waals surface area contributed by atoms with E-state index in [2.05, 4.69) is 26.0 Å². The van der Waals surface area contributed by atoms with E-state index < -0.39 is 0 Å². The third kappa shape index (κ3) is 15.7. The van der Waals surface area contributed by atoms with Crippen molar-refractivity contribution in [3.8, 4) is 0 Å². The fraction of sp³-hybridized carbons (Fsp3) is 0.889. The molecular formula is C18H36. The second-order valence-corrected chi connectivity index (χ2v) is 5.58. The SMILES string of the molecule is CCCCCCCC/C=C/CCCCCCCC. The zero-order chi connectivity index (χ0) is 13.3. The van der Waals surface area contributed by atoms with Crippen molar-refractivity contribution in [3.63, 3.8) is 0 Å². The van der Waals surface area contributed by atoms with Crippen LogP contribution in [0.5, 0.6) is 0 Å². The summed E-state index contributed by atoms with van der Waals surface area (Å²) in [6.07, 6.45) is 24.4. The van der Waals surface area contributed by atoms with E-state index in [4.69, 9.17) is 0 Å². The molecule has 0 saturated heterocycles. The Morgan fingerprint density at radius 2 is 0.778 bits per heavy atom. The Labute approximate surface area is 116 Å². The lowest BCUT2D eigenvalue weighted by Crippen LogP contribution is -1.79. The summed E-state index contributed by atoms with van der Waals surface area (Å²) in [5, 5.41) is 0. The number of allylic oxidation sites excluding steroid dienone is 2. The molecule has 0 fully saturated rings. The standard InChI is InChI=1S/C18H36/c1-3-5-7-9-11-13-15-17-18-16-14-12-10-8-6-4-2/h17-18H,3-16H2,1-2H3/b18-17+. The van der Waals surface area contributed by atoms with Gasteiger partial charge in [-0.05, 0) is 25.7 Å². The highest BCUT2D eigenvalue weighted by Gasteiger charge is 1.89. The first-order valence-corrected chi connectivity index (χ1v) is 8.56. The molecule has 0 aliphatic carbocycles. The lowest BCUT2D eigenvalue weighted by Gasteiger charge is -1.98. The normalized spacial score (nSPS) is 11.4. The van der Waals surface area contributed by atoms with Crippen LogP contribution in [0.25, 0.3) is 0 Å². The first-order valence-electron chi connectivity index (χ1n) is 8.56. The van der Waals surface area contributed by atoms with Gasteiger partial charge in [0.05, 0.1) is 0 Å². The van der Waals surface area contributed by atoms with E-state index in [1.165, 1.54) is 89.9 Å². The van der Waals surface area contributed by atoms with Crippen LogP contribution in [-0.4, -0.2) is 0 Å². The molecule has 0 aliphatic heterocycles. The molecule has 0 heterocycles. The molecule has 18 heavy (non-hydrogen) atoms. The van der Waals surface area contributed by atoms with Crippen LogP contribution in [0.3, 0.4) is 0 Å². The van der Waals surface area contributed by atoms with Crippen LogP contribution in [0.4, 0.5) is 0 Å². The van der Waals surface area contributed by atoms with Crippen molar-refractivity contribution >= 4 is 0 Å². The predicted molar refractivity (Wildman–Crippen MR) is 85.1 cm³/mol. The molecule has 0 rings (SSSR count). The maximum Gasteiger partial charge on any atom is -0.0351 e. The van der Waals surface area contributed by atoms with Crippen LogP contribution in [0.2, 0.25) is 0 Å². The average molecular weight is 252 g/mol. The van der Waals surface area contributed by atoms with E-state index in [0.29, 0.717) is 0 Å². The van der Waals surface area contributed by atoms with Gasteiger partial charge in [-0.2, -0.15) is 0 Å². The minimum atomic E-state index is 1.31. The lowest BCUT2D eigenvalue weighted by molar-refractivity contribution is 0.606. The molecule has 0 saturated carbocycles. The van der Waals surface area contributed by atoms with E-state index in [-0.39, 0.29) is 0 Å². The van der Waals surface area contributed by atoms with Crippen molar-refractivity contribution in [2.75, 3.05) is 0 Å². The van der Waals surface area contributed by atoms with E-state index in [1.54, 1.807) is 0 Å². The van der Waals surface area contributed by atoms with Gasteiger partial charge in [0, 0.05) is 0 Å². The van der Waals surface area contributed by atoms with Gasteiger partial charge in [0.25, 0.3) is 0 Å². The topological polar surface area (TPSA) is 0 Å². The minimum absolute atomic E-state index is 1.31. The number of hydrogen-bond donors (Lipinski definition) is 0. The minimum Gasteiger partial charge on any atom is -0.0885 e. The third-order valence-electron chi connectivity index (χ3n) is 3.62. The monoisotopic (exact) mass is 252 g/mol. The lowest BCUT2D eigenvalue weighted by atomic mass is 10.1. The summed E-state index contributed by atoms with van der Waals surface area (Å²) in [5.74, 6) is 0. The quantitative estimate of drug-likeness (QED) is 0.230. The molecule has 0 amide bonds. The van der Waals surface area contributed by atoms with Gasteiger partial charge >= 0.3 is 0 Å². The maximum atomic E-state index is 2.41. The Hall–Kier alpha value is -0.260. The molecule has 0 aromatic carbocycles. The van der Waals surface area contributed by atoms with Crippen LogP contribution >= 0.6 is 0 Å². The van der Waals surface area contributed by atoms with Gasteiger partial charge in [0.1, 0.15) is 0 Å². The highest BCUT2D eigenvalue weighted by atomic mass is 14.0. The van der Waals surface area contributed by atoms with Crippen molar-refractivity contribution in [3.05, 3.63) is 12.2 Å². The number of hydrogen-bond acceptors (Lipinski definition) is 0. The van der Waals surface area contributed by atoms with Gasteiger partial charge in [0.2, 0.25) is 0 Å². The molecule has 0 nitrogen and oxygen atoms in total. The second-order valence-electron chi connectivity index (χ2n) is 5.58. The fourth-order valence-corrected chi connectivity index (χ4v) is 2.32. The van der Waals surface area contributed by atoms with Crippen molar-refractivity contribution < 1.29 is 0 Å². The first kappa shape index (κ1) is 17.7. The zero-order valence-electron chi connectivity index (χ0n) is 13.1. The Kier molecular flexibility index (Phi) is 16.5. The molecule has 0 N–H and O–H groups in total. The molecular weight excluding hydrogens is 216 g/mol. The van der Waals surface area contributed by atoms with Gasteiger partial charge in [-0.25, -0.2) is 0 Å². The van der Waals surface area contributed by atoms with E-state index in [1.807, 2.05) is 0 Å².